The van der Waals surface area contributed by atoms with Crippen LogP contribution in [0.2, 0.25) is 0 Å². The summed E-state index contributed by atoms with van der Waals surface area (Å²) in [4.78, 5) is 13.4. The number of ether oxygens (including phenoxy) is 4. The van der Waals surface area contributed by atoms with Gasteiger partial charge in [-0.05, 0) is 89.9 Å². The number of nitrogens with one attached hydrogen (secondary N) is 1. The fourth-order valence-electron chi connectivity index (χ4n) is 13.2. The fourth-order valence-corrected chi connectivity index (χ4v) is 13.2. The van der Waals surface area contributed by atoms with E-state index in [1.54, 1.807) is 6.08 Å². The van der Waals surface area contributed by atoms with Gasteiger partial charge in [0.25, 0.3) is 0 Å². The minimum atomic E-state index is -1.80. The summed E-state index contributed by atoms with van der Waals surface area (Å²) < 4.78 is 22.9. The summed E-state index contributed by atoms with van der Waals surface area (Å²) in [6.45, 7) is 2.71. The number of rotatable bonds is 69. The molecule has 0 radical (unpaired) electrons. The van der Waals surface area contributed by atoms with Crippen LogP contribution in [0.3, 0.4) is 0 Å². The molecule has 0 aromatic carbocycles. The highest BCUT2D eigenvalue weighted by atomic mass is 16.7. The molecule has 12 atom stereocenters. The van der Waals surface area contributed by atoms with Crippen molar-refractivity contribution in [3.05, 3.63) is 97.2 Å². The van der Waals surface area contributed by atoms with Crippen LogP contribution in [0.1, 0.15) is 348 Å². The minimum absolute atomic E-state index is 0.250. The van der Waals surface area contributed by atoms with E-state index < -0.39 is 86.8 Å². The molecule has 12 unspecified atom stereocenters. The van der Waals surface area contributed by atoms with E-state index in [2.05, 4.69) is 104 Å². The molecule has 0 spiro atoms. The molecule has 9 N–H and O–H groups in total. The van der Waals surface area contributed by atoms with Gasteiger partial charge in [0, 0.05) is 6.42 Å². The summed E-state index contributed by atoms with van der Waals surface area (Å²) in [5.41, 5.74) is 0. The van der Waals surface area contributed by atoms with Crippen molar-refractivity contribution in [2.45, 2.75) is 421 Å². The van der Waals surface area contributed by atoms with Crippen molar-refractivity contribution in [3.63, 3.8) is 0 Å². The molecule has 0 saturated carbocycles. The summed E-state index contributed by atoms with van der Waals surface area (Å²) in [5.74, 6) is -0.250. The number of amides is 1. The Balaban J connectivity index is 1.61. The van der Waals surface area contributed by atoms with Gasteiger partial charge in [-0.1, -0.05) is 349 Å². The second kappa shape index (κ2) is 69.0. The lowest BCUT2D eigenvalue weighted by Crippen LogP contribution is -2.65. The van der Waals surface area contributed by atoms with Crippen LogP contribution in [0.5, 0.6) is 0 Å². The molecule has 2 heterocycles. The molecule has 2 fully saturated rings. The van der Waals surface area contributed by atoms with Crippen LogP contribution in [0, 0.1) is 0 Å². The van der Waals surface area contributed by atoms with Gasteiger partial charge in [0.1, 0.15) is 48.8 Å². The first-order chi connectivity index (χ1) is 49.1. The van der Waals surface area contributed by atoms with Crippen LogP contribution in [0.15, 0.2) is 97.2 Å². The molecule has 0 aliphatic carbocycles. The monoisotopic (exact) mass is 1410 g/mol. The maximum atomic E-state index is 13.4. The molecule has 1 amide bonds. The van der Waals surface area contributed by atoms with Crippen molar-refractivity contribution in [2.24, 2.45) is 0 Å². The lowest BCUT2D eigenvalue weighted by Gasteiger charge is -2.46. The highest BCUT2D eigenvalue weighted by Crippen LogP contribution is 2.30. The molecule has 2 saturated heterocycles. The van der Waals surface area contributed by atoms with E-state index in [1.807, 2.05) is 6.08 Å². The van der Waals surface area contributed by atoms with Crippen molar-refractivity contribution < 1.29 is 64.6 Å². The van der Waals surface area contributed by atoms with Gasteiger partial charge in [-0.2, -0.15) is 0 Å². The average molecular weight is 1410 g/mol. The number of carbonyl (C=O) groups excluding carboxylic acids is 1. The Morgan fingerprint density at radius 3 is 1.10 bits per heavy atom. The van der Waals surface area contributed by atoms with Crippen molar-refractivity contribution in [1.29, 1.82) is 0 Å². The predicted octanol–water partition coefficient (Wildman–Crippen LogP) is 19.2. The molecule has 100 heavy (non-hydrogen) atoms. The topological polar surface area (TPSA) is 228 Å². The Hall–Kier alpha value is -3.09. The summed E-state index contributed by atoms with van der Waals surface area (Å²) >= 11 is 0. The lowest BCUT2D eigenvalue weighted by molar-refractivity contribution is -0.359. The summed E-state index contributed by atoms with van der Waals surface area (Å²) in [6.07, 6.45) is 82.2. The number of unbranched alkanes of at least 4 members (excludes halogenated alkanes) is 42. The SMILES string of the molecule is CC/C=C\C/C=C\C/C=C\C/C=C\C/C=C\CCCCCCCCCCCCCCCCCCCCCCCC(=O)NC(COC1OC(CO)C(OC2OC(CO)C(O)C(O)C2O)C(O)C1O)C(O)/C=C/CC/C=C/CC/C=C/CCCCCCCCCCCCCCCCCCCCC. The zero-order chi connectivity index (χ0) is 72.2. The third kappa shape index (κ3) is 51.2. The second-order valence-corrected chi connectivity index (χ2v) is 28.9. The molecule has 0 aromatic heterocycles. The average Bonchev–Trinajstić information content (AvgIpc) is 0.791. The van der Waals surface area contributed by atoms with Crippen molar-refractivity contribution in [3.8, 4) is 0 Å². The van der Waals surface area contributed by atoms with E-state index >= 15 is 0 Å². The Bertz CT molecular complexity index is 2050. The van der Waals surface area contributed by atoms with Crippen LogP contribution in [0.25, 0.3) is 0 Å². The number of hydrogen-bond acceptors (Lipinski definition) is 13. The summed E-state index contributed by atoms with van der Waals surface area (Å²) in [5, 5.41) is 87.7. The second-order valence-electron chi connectivity index (χ2n) is 28.9. The predicted molar refractivity (Wildman–Crippen MR) is 415 cm³/mol. The zero-order valence-corrected chi connectivity index (χ0v) is 63.7. The molecular formula is C86H153NO13. The Morgan fingerprint density at radius 2 is 0.700 bits per heavy atom. The number of aliphatic hydroxyl groups is 8. The van der Waals surface area contributed by atoms with Gasteiger partial charge in [-0.3, -0.25) is 4.79 Å². The van der Waals surface area contributed by atoms with Gasteiger partial charge >= 0.3 is 0 Å². The molecule has 2 rings (SSSR count). The zero-order valence-electron chi connectivity index (χ0n) is 63.7. The molecule has 14 nitrogen and oxygen atoms in total. The number of hydrogen-bond donors (Lipinski definition) is 9. The third-order valence-corrected chi connectivity index (χ3v) is 19.7. The van der Waals surface area contributed by atoms with E-state index in [0.717, 1.165) is 77.0 Å². The number of allylic oxidation sites excluding steroid dienone is 15. The maximum absolute atomic E-state index is 13.4. The van der Waals surface area contributed by atoms with Crippen LogP contribution in [-0.2, 0) is 23.7 Å². The molecular weight excluding hydrogens is 1250 g/mol. The van der Waals surface area contributed by atoms with Gasteiger partial charge in [0.2, 0.25) is 5.91 Å². The molecule has 2 aliphatic rings. The molecule has 2 aliphatic heterocycles. The molecule has 14 heteroatoms. The smallest absolute Gasteiger partial charge is 0.220 e. The fraction of sp³-hybridized carbons (Fsp3) is 0.802. The van der Waals surface area contributed by atoms with E-state index in [0.29, 0.717) is 12.8 Å². The standard InChI is InChI=1S/C86H153NO13/c1-3-5-7-9-11-13-15-17-19-21-23-25-27-29-31-33-34-35-36-37-38-39-40-42-44-46-48-50-52-54-56-58-60-62-64-66-68-70-78(91)87-74(73-97-85-83(96)81(94)84(77(72-89)99-85)100-86-82(95)80(93)79(92)76(71-88)98-86)75(90)69-67-65-63-61-59-57-55-53-51-49-47-45-43-41-32-30-28-26-24-22-20-18-16-14-12-10-8-6-4-2/h5,7,11,13,17,19,23,25,29,31,51,53,59,61,67,69,74-77,79-86,88-90,92-96H,3-4,6,8-10,12,14-16,18,20-22,24,26-28,30,32-50,52,54-58,60,62-66,68,70-73H2,1-2H3,(H,87,91)/b7-5-,13-11-,19-17-,25-23-,31-29-,53-51+,61-59+,69-67+. The van der Waals surface area contributed by atoms with Crippen molar-refractivity contribution in [2.75, 3.05) is 19.8 Å². The van der Waals surface area contributed by atoms with Crippen molar-refractivity contribution >= 4 is 5.91 Å². The minimum Gasteiger partial charge on any atom is -0.394 e. The first-order valence-electron chi connectivity index (χ1n) is 41.5. The molecule has 0 aromatic rings. The van der Waals surface area contributed by atoms with E-state index in [-0.39, 0.29) is 18.9 Å². The van der Waals surface area contributed by atoms with Gasteiger partial charge in [-0.25, -0.2) is 0 Å². The lowest BCUT2D eigenvalue weighted by atomic mass is 9.97. The summed E-state index contributed by atoms with van der Waals surface area (Å²) in [6, 6.07) is -0.943. The molecule has 580 valence electrons. The first-order valence-corrected chi connectivity index (χ1v) is 41.5. The van der Waals surface area contributed by atoms with Gasteiger partial charge < -0.3 is 65.1 Å². The normalized spacial score (nSPS) is 22.3. The van der Waals surface area contributed by atoms with Crippen LogP contribution in [0.4, 0.5) is 0 Å². The maximum Gasteiger partial charge on any atom is 0.220 e. The Morgan fingerprint density at radius 1 is 0.370 bits per heavy atom. The molecule has 0 bridgehead atoms. The Labute approximate surface area is 611 Å². The van der Waals surface area contributed by atoms with Gasteiger partial charge in [0.15, 0.2) is 12.6 Å². The van der Waals surface area contributed by atoms with E-state index in [4.69, 9.17) is 18.9 Å². The highest BCUT2D eigenvalue weighted by molar-refractivity contribution is 5.76. The van der Waals surface area contributed by atoms with Gasteiger partial charge in [-0.15, -0.1) is 0 Å². The van der Waals surface area contributed by atoms with E-state index in [1.165, 1.54) is 238 Å². The summed E-state index contributed by atoms with van der Waals surface area (Å²) in [7, 11) is 0. The Kier molecular flexibility index (Phi) is 64.1. The van der Waals surface area contributed by atoms with Gasteiger partial charge in [0.05, 0.1) is 32.0 Å². The van der Waals surface area contributed by atoms with Crippen LogP contribution < -0.4 is 5.32 Å². The quantitative estimate of drug-likeness (QED) is 0.0204. The van der Waals surface area contributed by atoms with E-state index in [9.17, 15) is 45.6 Å². The largest absolute Gasteiger partial charge is 0.394 e. The van der Waals surface area contributed by atoms with Crippen molar-refractivity contribution in [1.82, 2.24) is 5.32 Å². The highest BCUT2D eigenvalue weighted by Gasteiger charge is 2.51. The number of carbonyl (C=O) groups is 1. The number of aliphatic hydroxyl groups excluding tert-OH is 8. The third-order valence-electron chi connectivity index (χ3n) is 19.7. The first kappa shape index (κ1) is 93.0. The van der Waals surface area contributed by atoms with Crippen LogP contribution >= 0.6 is 0 Å². The van der Waals surface area contributed by atoms with Crippen LogP contribution in [-0.4, -0.2) is 140 Å².